The van der Waals surface area contributed by atoms with E-state index in [1.165, 1.54) is 12.7 Å². The van der Waals surface area contributed by atoms with E-state index in [4.69, 9.17) is 13.7 Å². The summed E-state index contributed by atoms with van der Waals surface area (Å²) in [7, 11) is -0.0232. The Labute approximate surface area is 166 Å². The smallest absolute Gasteiger partial charge is 0.261 e. The third kappa shape index (κ3) is 7.26. The number of methoxy groups -OCH3 is 1. The van der Waals surface area contributed by atoms with E-state index in [1.807, 2.05) is 18.2 Å². The lowest BCUT2D eigenvalue weighted by Gasteiger charge is -2.29. The molecule has 2 aromatic rings. The number of aryl methyl sites for hydroxylation is 1. The van der Waals surface area contributed by atoms with Crippen molar-refractivity contribution in [3.05, 3.63) is 53.2 Å². The van der Waals surface area contributed by atoms with E-state index in [-0.39, 0.29) is 5.82 Å². The minimum absolute atomic E-state index is 0.253. The maximum atomic E-state index is 14.1. The van der Waals surface area contributed by atoms with Crippen molar-refractivity contribution in [1.29, 1.82) is 0 Å². The lowest BCUT2D eigenvalue weighted by molar-refractivity contribution is 0.292. The Kier molecular flexibility index (Phi) is 8.03. The monoisotopic (exact) mass is 413 g/mol. The van der Waals surface area contributed by atoms with Gasteiger partial charge in [0.05, 0.1) is 19.6 Å². The van der Waals surface area contributed by atoms with Crippen molar-refractivity contribution in [3.8, 4) is 5.75 Å². The first-order valence-electron chi connectivity index (χ1n) is 9.17. The van der Waals surface area contributed by atoms with Gasteiger partial charge < -0.3 is 14.1 Å². The standard InChI is InChI=1S/C19H24FNO2.CH4O3S/c1-21(9-8-16-7-4-10-23-16)13-15-6-3-5-14-11-19(22-2)18(20)12-17(14)15;1-5(2,3)4/h4,7,10-12,15H,3,5-6,8-9,13H2,1-2H3;1H3,(H,2,3,4). The van der Waals surface area contributed by atoms with Gasteiger partial charge in [-0.1, -0.05) is 0 Å². The second-order valence-corrected chi connectivity index (χ2v) is 8.57. The largest absolute Gasteiger partial charge is 0.494 e. The van der Waals surface area contributed by atoms with Crippen LogP contribution in [-0.2, 0) is 23.0 Å². The summed E-state index contributed by atoms with van der Waals surface area (Å²) in [4.78, 5) is 2.31. The van der Waals surface area contributed by atoms with E-state index in [0.29, 0.717) is 17.9 Å². The molecule has 0 saturated carbocycles. The molecule has 1 aliphatic rings. The molecule has 6 nitrogen and oxygen atoms in total. The number of likely N-dealkylation sites (N-methyl/N-ethyl adjacent to an activating group) is 1. The summed E-state index contributed by atoms with van der Waals surface area (Å²) in [5.74, 6) is 1.50. The zero-order valence-electron chi connectivity index (χ0n) is 16.5. The predicted molar refractivity (Wildman–Crippen MR) is 106 cm³/mol. The quantitative estimate of drug-likeness (QED) is 0.730. The van der Waals surface area contributed by atoms with Crippen LogP contribution in [0.1, 0.15) is 35.6 Å². The number of ether oxygens (including phenoxy) is 1. The van der Waals surface area contributed by atoms with Crippen LogP contribution in [0, 0.1) is 5.82 Å². The molecule has 1 unspecified atom stereocenters. The number of fused-ring (bicyclic) bond motifs is 1. The number of halogens is 1. The molecular formula is C20H28FNO5S. The highest BCUT2D eigenvalue weighted by Gasteiger charge is 2.23. The topological polar surface area (TPSA) is 80.0 Å². The molecule has 156 valence electrons. The molecule has 1 atom stereocenters. The van der Waals surface area contributed by atoms with Gasteiger partial charge in [0, 0.05) is 19.5 Å². The Morgan fingerprint density at radius 2 is 2.11 bits per heavy atom. The average Bonchev–Trinajstić information content (AvgIpc) is 3.12. The first-order chi connectivity index (χ1) is 13.2. The van der Waals surface area contributed by atoms with E-state index in [2.05, 4.69) is 11.9 Å². The molecule has 0 fully saturated rings. The molecule has 0 aliphatic heterocycles. The number of rotatable bonds is 6. The molecule has 28 heavy (non-hydrogen) atoms. The van der Waals surface area contributed by atoms with E-state index >= 15 is 0 Å². The molecular weight excluding hydrogens is 385 g/mol. The molecule has 1 heterocycles. The molecule has 1 aliphatic carbocycles. The van der Waals surface area contributed by atoms with Crippen LogP contribution >= 0.6 is 0 Å². The summed E-state index contributed by atoms with van der Waals surface area (Å²) < 4.78 is 50.4. The number of hydrogen-bond acceptors (Lipinski definition) is 5. The van der Waals surface area contributed by atoms with Gasteiger partial charge in [0.1, 0.15) is 5.76 Å². The van der Waals surface area contributed by atoms with E-state index < -0.39 is 10.1 Å². The fourth-order valence-electron chi connectivity index (χ4n) is 3.47. The summed E-state index contributed by atoms with van der Waals surface area (Å²) >= 11 is 0. The van der Waals surface area contributed by atoms with Crippen LogP contribution in [0.5, 0.6) is 5.75 Å². The van der Waals surface area contributed by atoms with Crippen molar-refractivity contribution >= 4 is 10.1 Å². The molecule has 0 spiro atoms. The fourth-order valence-corrected chi connectivity index (χ4v) is 3.47. The number of furan rings is 1. The van der Waals surface area contributed by atoms with Gasteiger partial charge >= 0.3 is 0 Å². The third-order valence-corrected chi connectivity index (χ3v) is 4.70. The second-order valence-electron chi connectivity index (χ2n) is 7.10. The molecule has 0 radical (unpaired) electrons. The molecule has 8 heteroatoms. The Bertz CT molecular complexity index is 844. The fraction of sp³-hybridized carbons (Fsp3) is 0.500. The van der Waals surface area contributed by atoms with Gasteiger partial charge in [0.25, 0.3) is 10.1 Å². The van der Waals surface area contributed by atoms with E-state index in [0.717, 1.165) is 50.1 Å². The summed E-state index contributed by atoms with van der Waals surface area (Å²) in [6, 6.07) is 7.48. The maximum absolute atomic E-state index is 14.1. The Hall–Kier alpha value is -1.90. The Balaban J connectivity index is 0.000000500. The van der Waals surface area contributed by atoms with E-state index in [1.54, 1.807) is 12.3 Å². The predicted octanol–water partition coefficient (Wildman–Crippen LogP) is 3.53. The summed E-state index contributed by atoms with van der Waals surface area (Å²) in [5, 5.41) is 0. The second kappa shape index (κ2) is 10.0. The number of hydrogen-bond donors (Lipinski definition) is 1. The Morgan fingerprint density at radius 3 is 2.71 bits per heavy atom. The lowest BCUT2D eigenvalue weighted by atomic mass is 9.82. The zero-order valence-corrected chi connectivity index (χ0v) is 17.3. The molecule has 1 N–H and O–H groups in total. The molecule has 1 aromatic carbocycles. The first-order valence-corrected chi connectivity index (χ1v) is 11.0. The molecule has 0 saturated heterocycles. The Morgan fingerprint density at radius 1 is 1.39 bits per heavy atom. The summed E-state index contributed by atoms with van der Waals surface area (Å²) in [6.45, 7) is 1.89. The van der Waals surface area contributed by atoms with Crippen molar-refractivity contribution in [1.82, 2.24) is 4.90 Å². The molecule has 1 aromatic heterocycles. The van der Waals surface area contributed by atoms with Gasteiger partial charge in [0.2, 0.25) is 0 Å². The lowest BCUT2D eigenvalue weighted by Crippen LogP contribution is -2.28. The van der Waals surface area contributed by atoms with Crippen molar-refractivity contribution in [3.63, 3.8) is 0 Å². The normalized spacial score (nSPS) is 16.3. The third-order valence-electron chi connectivity index (χ3n) is 4.70. The average molecular weight is 414 g/mol. The van der Waals surface area contributed by atoms with Crippen LogP contribution in [0.4, 0.5) is 4.39 Å². The van der Waals surface area contributed by atoms with Gasteiger partial charge in [-0.15, -0.1) is 0 Å². The van der Waals surface area contributed by atoms with Crippen LogP contribution < -0.4 is 4.74 Å². The van der Waals surface area contributed by atoms with Crippen LogP contribution in [-0.4, -0.2) is 51.4 Å². The van der Waals surface area contributed by atoms with Gasteiger partial charge in [-0.05, 0) is 67.6 Å². The highest BCUT2D eigenvalue weighted by molar-refractivity contribution is 7.85. The van der Waals surface area contributed by atoms with Crippen molar-refractivity contribution < 1.29 is 26.5 Å². The molecule has 0 bridgehead atoms. The molecule has 0 amide bonds. The van der Waals surface area contributed by atoms with Crippen molar-refractivity contribution in [2.75, 3.05) is 33.5 Å². The van der Waals surface area contributed by atoms with Gasteiger partial charge in [-0.2, -0.15) is 8.42 Å². The van der Waals surface area contributed by atoms with Crippen molar-refractivity contribution in [2.45, 2.75) is 31.6 Å². The minimum Gasteiger partial charge on any atom is -0.494 e. The zero-order chi connectivity index (χ0) is 20.7. The number of nitrogens with zero attached hydrogens (tertiary/aromatic N) is 1. The maximum Gasteiger partial charge on any atom is 0.261 e. The molecule has 3 rings (SSSR count). The van der Waals surface area contributed by atoms with Gasteiger partial charge in [0.15, 0.2) is 11.6 Å². The SMILES string of the molecule is COc1cc2c(cc1F)C(CN(C)CCc1ccco1)CCC2.CS(=O)(=O)O. The van der Waals surface area contributed by atoms with Crippen molar-refractivity contribution in [2.24, 2.45) is 0 Å². The number of benzene rings is 1. The summed E-state index contributed by atoms with van der Waals surface area (Å²) in [6.07, 6.45) is 6.61. The highest BCUT2D eigenvalue weighted by atomic mass is 32.2. The minimum atomic E-state index is -3.67. The van der Waals surface area contributed by atoms with Crippen LogP contribution in [0.25, 0.3) is 0 Å². The van der Waals surface area contributed by atoms with Crippen LogP contribution in [0.15, 0.2) is 34.9 Å². The summed E-state index contributed by atoms with van der Waals surface area (Å²) in [5.41, 5.74) is 2.39. The first kappa shape index (κ1) is 22.4. The van der Waals surface area contributed by atoms with E-state index in [9.17, 15) is 12.8 Å². The highest BCUT2D eigenvalue weighted by Crippen LogP contribution is 2.35. The van der Waals surface area contributed by atoms with Gasteiger partial charge in [-0.25, -0.2) is 4.39 Å². The van der Waals surface area contributed by atoms with Crippen LogP contribution in [0.2, 0.25) is 0 Å². The van der Waals surface area contributed by atoms with Crippen LogP contribution in [0.3, 0.4) is 0 Å². The van der Waals surface area contributed by atoms with Gasteiger partial charge in [-0.3, -0.25) is 4.55 Å².